The van der Waals surface area contributed by atoms with Gasteiger partial charge in [-0.25, -0.2) is 8.42 Å². The number of hydrogen-bond acceptors (Lipinski definition) is 3. The van der Waals surface area contributed by atoms with Gasteiger partial charge < -0.3 is 9.88 Å². The molecule has 19 heavy (non-hydrogen) atoms. The summed E-state index contributed by atoms with van der Waals surface area (Å²) in [4.78, 5) is 0. The fraction of sp³-hybridized carbons (Fsp3) is 0.714. The molecule has 108 valence electrons. The van der Waals surface area contributed by atoms with E-state index in [4.69, 9.17) is 0 Å². The van der Waals surface area contributed by atoms with Gasteiger partial charge in [0.1, 0.15) is 0 Å². The first-order chi connectivity index (χ1) is 8.93. The third-order valence-electron chi connectivity index (χ3n) is 4.07. The first-order valence-electron chi connectivity index (χ1n) is 6.99. The fourth-order valence-corrected chi connectivity index (χ4v) is 4.84. The molecule has 1 aromatic rings. The maximum absolute atomic E-state index is 11.4. The quantitative estimate of drug-likeness (QED) is 0.894. The van der Waals surface area contributed by atoms with E-state index < -0.39 is 9.84 Å². The molecule has 5 heteroatoms. The predicted octanol–water partition coefficient (Wildman–Crippen LogP) is 1.65. The van der Waals surface area contributed by atoms with E-state index in [1.165, 1.54) is 17.0 Å². The largest absolute Gasteiger partial charge is 0.349 e. The molecule has 1 aliphatic rings. The number of hydrogen-bond donors (Lipinski definition) is 1. The van der Waals surface area contributed by atoms with E-state index in [9.17, 15) is 8.42 Å². The second kappa shape index (κ2) is 5.67. The zero-order valence-electron chi connectivity index (χ0n) is 12.1. The van der Waals surface area contributed by atoms with Crippen LogP contribution in [0.4, 0.5) is 0 Å². The van der Waals surface area contributed by atoms with Crippen LogP contribution in [0.15, 0.2) is 6.07 Å². The average Bonchev–Trinajstić information content (AvgIpc) is 2.80. The Morgan fingerprint density at radius 2 is 2.16 bits per heavy atom. The van der Waals surface area contributed by atoms with E-state index in [-0.39, 0.29) is 0 Å². The lowest BCUT2D eigenvalue weighted by Gasteiger charge is -2.10. The number of nitrogens with zero attached hydrogens (tertiary/aromatic N) is 1. The molecule has 1 aromatic heterocycles. The topological polar surface area (TPSA) is 51.1 Å². The first-order valence-corrected chi connectivity index (χ1v) is 8.82. The Labute approximate surface area is 116 Å². The number of sulfone groups is 1. The molecule has 1 aliphatic heterocycles. The molecule has 2 rings (SSSR count). The maximum atomic E-state index is 11.4. The summed E-state index contributed by atoms with van der Waals surface area (Å²) in [6, 6.07) is 2.22. The second-order valence-electron chi connectivity index (χ2n) is 5.54. The Balaban J connectivity index is 1.87. The second-order valence-corrected chi connectivity index (χ2v) is 7.77. The standard InChI is InChI=1S/C14H24N2O2S/c1-4-16-11(2)7-14(12(16)3)9-15-8-13-5-6-19(17,18)10-13/h7,13,15H,4-6,8-10H2,1-3H3. The molecule has 0 spiro atoms. The summed E-state index contributed by atoms with van der Waals surface area (Å²) in [5, 5.41) is 3.41. The van der Waals surface area contributed by atoms with Crippen molar-refractivity contribution in [3.8, 4) is 0 Å². The first kappa shape index (κ1) is 14.6. The molecule has 0 bridgehead atoms. The molecular weight excluding hydrogens is 260 g/mol. The van der Waals surface area contributed by atoms with Crippen molar-refractivity contribution in [2.24, 2.45) is 5.92 Å². The minimum Gasteiger partial charge on any atom is -0.349 e. The van der Waals surface area contributed by atoms with E-state index in [0.717, 1.165) is 26.1 Å². The Hall–Kier alpha value is -0.810. The van der Waals surface area contributed by atoms with Crippen LogP contribution in [0, 0.1) is 19.8 Å². The van der Waals surface area contributed by atoms with Crippen molar-refractivity contribution in [1.29, 1.82) is 0 Å². The molecule has 1 atom stereocenters. The monoisotopic (exact) mass is 284 g/mol. The number of aryl methyl sites for hydroxylation is 1. The van der Waals surface area contributed by atoms with Crippen molar-refractivity contribution in [2.75, 3.05) is 18.1 Å². The summed E-state index contributed by atoms with van der Waals surface area (Å²) in [6.45, 7) is 9.06. The lowest BCUT2D eigenvalue weighted by atomic mass is 10.1. The molecule has 0 aliphatic carbocycles. The summed E-state index contributed by atoms with van der Waals surface area (Å²) in [5.74, 6) is 1.01. The molecule has 0 amide bonds. The predicted molar refractivity (Wildman–Crippen MR) is 78.0 cm³/mol. The van der Waals surface area contributed by atoms with Crippen LogP contribution in [0.1, 0.15) is 30.3 Å². The molecular formula is C14H24N2O2S. The highest BCUT2D eigenvalue weighted by Gasteiger charge is 2.27. The third kappa shape index (κ3) is 3.39. The van der Waals surface area contributed by atoms with Crippen LogP contribution < -0.4 is 5.32 Å². The maximum Gasteiger partial charge on any atom is 0.150 e. The van der Waals surface area contributed by atoms with Crippen LogP contribution in [-0.2, 0) is 22.9 Å². The van der Waals surface area contributed by atoms with Gasteiger partial charge in [0.05, 0.1) is 11.5 Å². The third-order valence-corrected chi connectivity index (χ3v) is 5.91. The van der Waals surface area contributed by atoms with Gasteiger partial charge in [0.2, 0.25) is 0 Å². The van der Waals surface area contributed by atoms with Gasteiger partial charge in [-0.15, -0.1) is 0 Å². The molecule has 0 radical (unpaired) electrons. The van der Waals surface area contributed by atoms with Crippen LogP contribution >= 0.6 is 0 Å². The van der Waals surface area contributed by atoms with Crippen molar-refractivity contribution in [2.45, 2.75) is 40.3 Å². The summed E-state index contributed by atoms with van der Waals surface area (Å²) in [7, 11) is -2.75. The van der Waals surface area contributed by atoms with Crippen molar-refractivity contribution in [3.05, 3.63) is 23.0 Å². The van der Waals surface area contributed by atoms with Gasteiger partial charge in [-0.2, -0.15) is 0 Å². The van der Waals surface area contributed by atoms with Gasteiger partial charge in [-0.1, -0.05) is 0 Å². The Bertz CT molecular complexity index is 546. The van der Waals surface area contributed by atoms with Crippen molar-refractivity contribution in [3.63, 3.8) is 0 Å². The minimum atomic E-state index is -2.75. The molecule has 0 saturated carbocycles. The highest BCUT2D eigenvalue weighted by atomic mass is 32.2. The SMILES string of the molecule is CCn1c(C)cc(CNCC2CCS(=O)(=O)C2)c1C. The molecule has 1 N–H and O–H groups in total. The molecule has 1 fully saturated rings. The molecule has 4 nitrogen and oxygen atoms in total. The summed E-state index contributed by atoms with van der Waals surface area (Å²) < 4.78 is 25.1. The summed E-state index contributed by atoms with van der Waals surface area (Å²) in [6.07, 6.45) is 0.809. The normalized spacial score (nSPS) is 21.9. The van der Waals surface area contributed by atoms with E-state index in [1.54, 1.807) is 0 Å². The van der Waals surface area contributed by atoms with E-state index in [2.05, 4.69) is 36.7 Å². The van der Waals surface area contributed by atoms with Crippen molar-refractivity contribution >= 4 is 9.84 Å². The summed E-state index contributed by atoms with van der Waals surface area (Å²) in [5.41, 5.74) is 3.92. The minimum absolute atomic E-state index is 0.291. The molecule has 1 unspecified atom stereocenters. The van der Waals surface area contributed by atoms with Gasteiger partial charge in [-0.05, 0) is 51.3 Å². The van der Waals surface area contributed by atoms with E-state index in [1.807, 2.05) is 0 Å². The van der Waals surface area contributed by atoms with Crippen molar-refractivity contribution in [1.82, 2.24) is 9.88 Å². The lowest BCUT2D eigenvalue weighted by molar-refractivity contribution is 0.520. The van der Waals surface area contributed by atoms with Gasteiger partial charge >= 0.3 is 0 Å². The van der Waals surface area contributed by atoms with Crippen LogP contribution in [0.25, 0.3) is 0 Å². The van der Waals surface area contributed by atoms with Gasteiger partial charge in [0.15, 0.2) is 9.84 Å². The molecule has 0 aromatic carbocycles. The smallest absolute Gasteiger partial charge is 0.150 e. The van der Waals surface area contributed by atoms with Crippen molar-refractivity contribution < 1.29 is 8.42 Å². The Morgan fingerprint density at radius 3 is 2.68 bits per heavy atom. The molecule has 2 heterocycles. The lowest BCUT2D eigenvalue weighted by Crippen LogP contribution is -2.23. The van der Waals surface area contributed by atoms with E-state index >= 15 is 0 Å². The zero-order chi connectivity index (χ0) is 14.0. The fourth-order valence-electron chi connectivity index (χ4n) is 2.98. The number of nitrogens with one attached hydrogen (secondary N) is 1. The highest BCUT2D eigenvalue weighted by Crippen LogP contribution is 2.18. The number of rotatable bonds is 5. The van der Waals surface area contributed by atoms with Gasteiger partial charge in [0.25, 0.3) is 0 Å². The average molecular weight is 284 g/mol. The molecule has 1 saturated heterocycles. The Morgan fingerprint density at radius 1 is 1.42 bits per heavy atom. The Kier molecular flexibility index (Phi) is 4.36. The summed E-state index contributed by atoms with van der Waals surface area (Å²) >= 11 is 0. The highest BCUT2D eigenvalue weighted by molar-refractivity contribution is 7.91. The van der Waals surface area contributed by atoms with E-state index in [0.29, 0.717) is 17.4 Å². The van der Waals surface area contributed by atoms with Crippen LogP contribution in [0.2, 0.25) is 0 Å². The van der Waals surface area contributed by atoms with Gasteiger partial charge in [-0.3, -0.25) is 0 Å². The van der Waals surface area contributed by atoms with Crippen LogP contribution in [0.3, 0.4) is 0 Å². The van der Waals surface area contributed by atoms with Gasteiger partial charge in [0, 0.05) is 24.5 Å². The van der Waals surface area contributed by atoms with Crippen LogP contribution in [-0.4, -0.2) is 31.0 Å². The zero-order valence-corrected chi connectivity index (χ0v) is 12.9. The van der Waals surface area contributed by atoms with Crippen LogP contribution in [0.5, 0.6) is 0 Å². The number of aromatic nitrogens is 1.